The Bertz CT molecular complexity index is 700. The molecular weight excluding hydrogens is 260 g/mol. The molecule has 0 saturated heterocycles. The van der Waals surface area contributed by atoms with Crippen molar-refractivity contribution in [2.24, 2.45) is 7.05 Å². The lowest BCUT2D eigenvalue weighted by Gasteiger charge is -2.05. The molecule has 2 heterocycles. The highest BCUT2D eigenvalue weighted by Crippen LogP contribution is 2.37. The first-order chi connectivity index (χ1) is 9.63. The Balaban J connectivity index is 1.73. The minimum Gasteiger partial charge on any atom is -0.454 e. The maximum absolute atomic E-state index is 11.9. The van der Waals surface area contributed by atoms with E-state index in [0.717, 1.165) is 24.6 Å². The fourth-order valence-electron chi connectivity index (χ4n) is 1.89. The Labute approximate surface area is 114 Å². The predicted molar refractivity (Wildman–Crippen MR) is 69.2 cm³/mol. The number of aromatic nitrogens is 4. The van der Waals surface area contributed by atoms with Crippen LogP contribution in [0.5, 0.6) is 0 Å². The van der Waals surface area contributed by atoms with Gasteiger partial charge in [-0.3, -0.25) is 9.48 Å². The van der Waals surface area contributed by atoms with Gasteiger partial charge in [0.2, 0.25) is 0 Å². The van der Waals surface area contributed by atoms with Crippen molar-refractivity contribution in [2.75, 3.05) is 0 Å². The Morgan fingerprint density at radius 1 is 1.55 bits per heavy atom. The Morgan fingerprint density at radius 3 is 3.00 bits per heavy atom. The maximum atomic E-state index is 11.9. The van der Waals surface area contributed by atoms with E-state index < -0.39 is 5.97 Å². The summed E-state index contributed by atoms with van der Waals surface area (Å²) in [5.74, 6) is 0.247. The van der Waals surface area contributed by atoms with Crippen LogP contribution in [0.4, 0.5) is 0 Å². The highest BCUT2D eigenvalue weighted by molar-refractivity contribution is 5.87. The van der Waals surface area contributed by atoms with E-state index >= 15 is 0 Å². The average molecular weight is 274 g/mol. The number of rotatable bonds is 4. The summed E-state index contributed by atoms with van der Waals surface area (Å²) in [5.41, 5.74) is 0.498. The lowest BCUT2D eigenvalue weighted by atomic mass is 10.3. The smallest absolute Gasteiger partial charge is 0.357 e. The molecule has 7 nitrogen and oxygen atoms in total. The van der Waals surface area contributed by atoms with Gasteiger partial charge < -0.3 is 9.72 Å². The van der Waals surface area contributed by atoms with Crippen LogP contribution in [0, 0.1) is 0 Å². The molecule has 1 N–H and O–H groups in total. The number of ether oxygens (including phenoxy) is 1. The minimum atomic E-state index is -0.598. The third-order valence-corrected chi connectivity index (χ3v) is 3.21. The van der Waals surface area contributed by atoms with Crippen LogP contribution in [-0.2, 0) is 18.4 Å². The minimum absolute atomic E-state index is 0.0535. The number of nitrogens with one attached hydrogen (secondary N) is 1. The Kier molecular flexibility index (Phi) is 3.09. The lowest BCUT2D eigenvalue weighted by molar-refractivity contribution is 0.0455. The average Bonchev–Trinajstić information content (AvgIpc) is 3.19. The van der Waals surface area contributed by atoms with Gasteiger partial charge in [0.15, 0.2) is 5.69 Å². The number of esters is 1. The molecule has 0 aliphatic heterocycles. The van der Waals surface area contributed by atoms with Crippen LogP contribution in [-0.4, -0.2) is 25.7 Å². The molecule has 0 atom stereocenters. The second kappa shape index (κ2) is 4.92. The van der Waals surface area contributed by atoms with Crippen molar-refractivity contribution in [3.63, 3.8) is 0 Å². The van der Waals surface area contributed by atoms with E-state index in [0.29, 0.717) is 5.82 Å². The van der Waals surface area contributed by atoms with Gasteiger partial charge in [0.1, 0.15) is 12.4 Å². The quantitative estimate of drug-likeness (QED) is 0.830. The molecular formula is C13H14N4O3. The van der Waals surface area contributed by atoms with Gasteiger partial charge in [-0.2, -0.15) is 5.10 Å². The second-order valence-corrected chi connectivity index (χ2v) is 4.81. The van der Waals surface area contributed by atoms with Crippen molar-refractivity contribution in [1.82, 2.24) is 19.7 Å². The molecule has 0 amide bonds. The summed E-state index contributed by atoms with van der Waals surface area (Å²) >= 11 is 0. The number of carbonyl (C=O) groups excluding carboxylic acids is 1. The summed E-state index contributed by atoms with van der Waals surface area (Å²) < 4.78 is 6.77. The van der Waals surface area contributed by atoms with Gasteiger partial charge in [-0.1, -0.05) is 0 Å². The van der Waals surface area contributed by atoms with E-state index in [9.17, 15) is 9.59 Å². The van der Waals surface area contributed by atoms with E-state index in [1.807, 2.05) is 0 Å². The molecule has 1 fully saturated rings. The zero-order valence-corrected chi connectivity index (χ0v) is 11.0. The molecule has 1 saturated carbocycles. The molecule has 1 aliphatic carbocycles. The molecule has 2 aromatic heterocycles. The highest BCUT2D eigenvalue weighted by Gasteiger charge is 2.27. The fraction of sp³-hybridized carbons (Fsp3) is 0.385. The van der Waals surface area contributed by atoms with Crippen LogP contribution in [0.3, 0.4) is 0 Å². The molecule has 0 aromatic carbocycles. The van der Waals surface area contributed by atoms with E-state index in [-0.39, 0.29) is 23.8 Å². The third kappa shape index (κ3) is 2.61. The zero-order chi connectivity index (χ0) is 14.1. The van der Waals surface area contributed by atoms with Crippen molar-refractivity contribution in [2.45, 2.75) is 25.4 Å². The summed E-state index contributed by atoms with van der Waals surface area (Å²) in [4.78, 5) is 30.3. The number of H-pyrrole nitrogens is 1. The molecule has 7 heteroatoms. The predicted octanol–water partition coefficient (Wildman–Crippen LogP) is 0.738. The van der Waals surface area contributed by atoms with Crippen molar-refractivity contribution in [3.8, 4) is 0 Å². The van der Waals surface area contributed by atoms with Crippen LogP contribution in [0.2, 0.25) is 0 Å². The molecule has 0 spiro atoms. The van der Waals surface area contributed by atoms with Gasteiger partial charge in [-0.15, -0.1) is 0 Å². The third-order valence-electron chi connectivity index (χ3n) is 3.21. The number of hydrogen-bond acceptors (Lipinski definition) is 5. The van der Waals surface area contributed by atoms with Gasteiger partial charge in [0.05, 0.1) is 5.69 Å². The first-order valence-corrected chi connectivity index (χ1v) is 6.39. The van der Waals surface area contributed by atoms with Gasteiger partial charge in [-0.25, -0.2) is 9.78 Å². The highest BCUT2D eigenvalue weighted by atomic mass is 16.5. The van der Waals surface area contributed by atoms with E-state index in [2.05, 4.69) is 15.1 Å². The monoisotopic (exact) mass is 274 g/mol. The number of aromatic amines is 1. The lowest BCUT2D eigenvalue weighted by Crippen LogP contribution is -2.17. The largest absolute Gasteiger partial charge is 0.454 e. The van der Waals surface area contributed by atoms with E-state index in [1.54, 1.807) is 24.0 Å². The van der Waals surface area contributed by atoms with E-state index in [4.69, 9.17) is 4.74 Å². The summed E-state index contributed by atoms with van der Waals surface area (Å²) in [5, 5.41) is 3.98. The summed E-state index contributed by atoms with van der Waals surface area (Å²) in [7, 11) is 1.76. The van der Waals surface area contributed by atoms with Gasteiger partial charge in [0.25, 0.3) is 5.56 Å². The number of carbonyl (C=O) groups is 1. The number of aryl methyl sites for hydroxylation is 1. The van der Waals surface area contributed by atoms with Gasteiger partial charge >= 0.3 is 5.97 Å². The van der Waals surface area contributed by atoms with Crippen LogP contribution >= 0.6 is 0 Å². The molecule has 104 valence electrons. The van der Waals surface area contributed by atoms with Crippen LogP contribution in [0.25, 0.3) is 0 Å². The number of nitrogens with zero attached hydrogens (tertiary/aromatic N) is 3. The first-order valence-electron chi connectivity index (χ1n) is 6.39. The topological polar surface area (TPSA) is 89.9 Å². The second-order valence-electron chi connectivity index (χ2n) is 4.81. The Morgan fingerprint density at radius 2 is 2.35 bits per heavy atom. The summed E-state index contributed by atoms with van der Waals surface area (Å²) in [6.45, 7) is 0.0998. The maximum Gasteiger partial charge on any atom is 0.357 e. The Hall–Kier alpha value is -2.44. The molecule has 0 bridgehead atoms. The van der Waals surface area contributed by atoms with Crippen LogP contribution in [0.15, 0.2) is 23.1 Å². The van der Waals surface area contributed by atoms with Crippen molar-refractivity contribution >= 4 is 5.97 Å². The molecule has 2 aromatic rings. The normalized spacial score (nSPS) is 14.2. The summed E-state index contributed by atoms with van der Waals surface area (Å²) in [6, 6.07) is 2.92. The van der Waals surface area contributed by atoms with Crippen LogP contribution in [0.1, 0.15) is 40.8 Å². The molecule has 20 heavy (non-hydrogen) atoms. The summed E-state index contributed by atoms with van der Waals surface area (Å²) in [6.07, 6.45) is 3.62. The van der Waals surface area contributed by atoms with Gasteiger partial charge in [0, 0.05) is 25.2 Å². The SMILES string of the molecule is Cn1nccc1COC(=O)c1cc(=O)[nH]c(C2CC2)n1. The fourth-order valence-corrected chi connectivity index (χ4v) is 1.89. The molecule has 3 rings (SSSR count). The standard InChI is InChI=1S/C13H14N4O3/c1-17-9(4-5-14-17)7-20-13(19)10-6-11(18)16-12(15-10)8-2-3-8/h4-6,8H,2-3,7H2,1H3,(H,15,16,18). The van der Waals surface area contributed by atoms with Crippen molar-refractivity contribution < 1.29 is 9.53 Å². The van der Waals surface area contributed by atoms with Gasteiger partial charge in [-0.05, 0) is 18.9 Å². The van der Waals surface area contributed by atoms with Crippen molar-refractivity contribution in [1.29, 1.82) is 0 Å². The van der Waals surface area contributed by atoms with Crippen LogP contribution < -0.4 is 5.56 Å². The zero-order valence-electron chi connectivity index (χ0n) is 11.0. The number of hydrogen-bond donors (Lipinski definition) is 1. The van der Waals surface area contributed by atoms with E-state index in [1.165, 1.54) is 0 Å². The van der Waals surface area contributed by atoms with Crippen molar-refractivity contribution in [3.05, 3.63) is 45.9 Å². The molecule has 1 aliphatic rings. The molecule has 0 radical (unpaired) electrons. The molecule has 0 unspecified atom stereocenters. The first kappa shape index (κ1) is 12.6.